The van der Waals surface area contributed by atoms with Crippen molar-refractivity contribution in [3.8, 4) is 0 Å². The molecule has 0 fully saturated rings. The van der Waals surface area contributed by atoms with Gasteiger partial charge in [-0.05, 0) is 23.7 Å². The summed E-state index contributed by atoms with van der Waals surface area (Å²) in [5, 5.41) is 4.85. The van der Waals surface area contributed by atoms with Crippen molar-refractivity contribution in [3.63, 3.8) is 0 Å². The minimum Gasteiger partial charge on any atom is -0.461 e. The molecule has 15 heavy (non-hydrogen) atoms. The highest BCUT2D eigenvalue weighted by atomic mass is 79.9. The third-order valence-electron chi connectivity index (χ3n) is 1.89. The first-order chi connectivity index (χ1) is 7.20. The maximum absolute atomic E-state index is 8.18. The van der Waals surface area contributed by atoms with Crippen molar-refractivity contribution in [2.45, 2.75) is 6.54 Å². The molecule has 0 aliphatic carbocycles. The number of fused-ring (bicyclic) bond motifs is 1. The average Bonchev–Trinajstić information content (AvgIpc) is 2.57. The molecule has 76 valence electrons. The number of azide groups is 1. The van der Waals surface area contributed by atoms with E-state index < -0.39 is 0 Å². The Labute approximate surface area is 98.6 Å². The highest BCUT2D eigenvalue weighted by molar-refractivity contribution is 9.10. The van der Waals surface area contributed by atoms with Gasteiger partial charge in [-0.1, -0.05) is 32.6 Å². The van der Waals surface area contributed by atoms with Gasteiger partial charge >= 0.3 is 0 Å². The summed E-state index contributed by atoms with van der Waals surface area (Å²) in [4.78, 5) is 2.66. The second-order valence-electron chi connectivity index (χ2n) is 2.90. The topological polar surface area (TPSA) is 61.9 Å². The second-order valence-corrected chi connectivity index (χ2v) is 4.22. The first kappa shape index (κ1) is 10.4. The van der Waals surface area contributed by atoms with Gasteiger partial charge in [-0.2, -0.15) is 0 Å². The van der Waals surface area contributed by atoms with E-state index in [1.54, 1.807) is 12.1 Å². The molecule has 2 rings (SSSR count). The van der Waals surface area contributed by atoms with Crippen LogP contribution in [0.4, 0.5) is 0 Å². The van der Waals surface area contributed by atoms with E-state index in [0.29, 0.717) is 16.4 Å². The molecule has 0 spiro atoms. The Morgan fingerprint density at radius 2 is 2.27 bits per heavy atom. The first-order valence-corrected chi connectivity index (χ1v) is 5.26. The van der Waals surface area contributed by atoms with Crippen LogP contribution in [0.3, 0.4) is 0 Å². The van der Waals surface area contributed by atoms with Crippen molar-refractivity contribution in [3.05, 3.63) is 43.9 Å². The van der Waals surface area contributed by atoms with Crippen LogP contribution in [0, 0.1) is 0 Å². The molecule has 0 amide bonds. The summed E-state index contributed by atoms with van der Waals surface area (Å²) in [6.45, 7) is 0.194. The van der Waals surface area contributed by atoms with Crippen molar-refractivity contribution in [2.75, 3.05) is 0 Å². The largest absolute Gasteiger partial charge is 0.461 e. The minimum absolute atomic E-state index is 0.194. The van der Waals surface area contributed by atoms with E-state index >= 15 is 0 Å². The van der Waals surface area contributed by atoms with Crippen LogP contribution in [-0.2, 0) is 6.54 Å². The molecule has 0 saturated heterocycles. The van der Waals surface area contributed by atoms with Crippen LogP contribution in [0.5, 0.6) is 0 Å². The van der Waals surface area contributed by atoms with E-state index in [-0.39, 0.29) is 6.54 Å². The molecule has 0 atom stereocenters. The van der Waals surface area contributed by atoms with Crippen LogP contribution in [0.25, 0.3) is 21.4 Å². The zero-order valence-corrected chi connectivity index (χ0v) is 9.79. The Balaban J connectivity index is 2.55. The molecule has 2 aromatic rings. The molecule has 0 saturated carbocycles. The predicted molar refractivity (Wildman–Crippen MR) is 61.8 cm³/mol. The summed E-state index contributed by atoms with van der Waals surface area (Å²) in [6.07, 6.45) is 0. The van der Waals surface area contributed by atoms with Gasteiger partial charge in [0.05, 0.1) is 11.6 Å². The zero-order valence-electron chi connectivity index (χ0n) is 7.44. The van der Waals surface area contributed by atoms with Gasteiger partial charge in [0.25, 0.3) is 0 Å². The Hall–Kier alpha value is -1.16. The molecule has 0 radical (unpaired) electrons. The Morgan fingerprint density at radius 1 is 1.47 bits per heavy atom. The van der Waals surface area contributed by atoms with Crippen LogP contribution in [-0.4, -0.2) is 0 Å². The lowest BCUT2D eigenvalue weighted by Crippen LogP contribution is -1.70. The predicted octanol–water partition coefficient (Wildman–Crippen LogP) is 4.66. The van der Waals surface area contributed by atoms with Gasteiger partial charge < -0.3 is 4.42 Å². The highest BCUT2D eigenvalue weighted by Crippen LogP contribution is 2.30. The molecule has 1 aromatic carbocycles. The SMILES string of the molecule is [N-]=[N+]=NCc1cc2c(Cl)cc(Br)cc2o1. The average molecular weight is 287 g/mol. The van der Waals surface area contributed by atoms with E-state index in [1.807, 2.05) is 6.07 Å². The van der Waals surface area contributed by atoms with Crippen molar-refractivity contribution < 1.29 is 4.42 Å². The molecule has 0 aliphatic heterocycles. The molecule has 1 aromatic heterocycles. The molecule has 0 bridgehead atoms. The third-order valence-corrected chi connectivity index (χ3v) is 2.66. The summed E-state index contributed by atoms with van der Waals surface area (Å²) in [7, 11) is 0. The number of halogens is 2. The minimum atomic E-state index is 0.194. The standard InChI is InChI=1S/C9H5BrClN3O/c10-5-1-8(11)7-3-6(4-13-14-12)15-9(7)2-5/h1-3H,4H2. The van der Waals surface area contributed by atoms with Crippen LogP contribution < -0.4 is 0 Å². The lowest BCUT2D eigenvalue weighted by Gasteiger charge is -1.93. The van der Waals surface area contributed by atoms with Crippen molar-refractivity contribution in [1.82, 2.24) is 0 Å². The molecule has 6 heteroatoms. The quantitative estimate of drug-likeness (QED) is 0.450. The lowest BCUT2D eigenvalue weighted by molar-refractivity contribution is 0.552. The van der Waals surface area contributed by atoms with E-state index in [4.69, 9.17) is 21.5 Å². The van der Waals surface area contributed by atoms with Gasteiger partial charge in [0.1, 0.15) is 11.3 Å². The molecule has 0 unspecified atom stereocenters. The molecular weight excluding hydrogens is 281 g/mol. The molecule has 4 nitrogen and oxygen atoms in total. The van der Waals surface area contributed by atoms with Crippen LogP contribution >= 0.6 is 27.5 Å². The van der Waals surface area contributed by atoms with Gasteiger partial charge in [0.2, 0.25) is 0 Å². The number of nitrogens with zero attached hydrogens (tertiary/aromatic N) is 3. The van der Waals surface area contributed by atoms with Crippen LogP contribution in [0.2, 0.25) is 5.02 Å². The van der Waals surface area contributed by atoms with E-state index in [0.717, 1.165) is 9.86 Å². The summed E-state index contributed by atoms with van der Waals surface area (Å²) in [5.41, 5.74) is 8.86. The number of rotatable bonds is 2. The Morgan fingerprint density at radius 3 is 3.00 bits per heavy atom. The summed E-state index contributed by atoms with van der Waals surface area (Å²) >= 11 is 9.34. The smallest absolute Gasteiger partial charge is 0.136 e. The molecule has 0 aliphatic rings. The van der Waals surface area contributed by atoms with Gasteiger partial charge in [-0.15, -0.1) is 0 Å². The second kappa shape index (κ2) is 4.14. The number of furan rings is 1. The maximum Gasteiger partial charge on any atom is 0.136 e. The van der Waals surface area contributed by atoms with E-state index in [9.17, 15) is 0 Å². The summed E-state index contributed by atoms with van der Waals surface area (Å²) < 4.78 is 6.30. The van der Waals surface area contributed by atoms with Crippen molar-refractivity contribution >= 4 is 38.5 Å². The van der Waals surface area contributed by atoms with Gasteiger partial charge in [-0.25, -0.2) is 0 Å². The summed E-state index contributed by atoms with van der Waals surface area (Å²) in [5.74, 6) is 0.600. The molecule has 1 heterocycles. The third kappa shape index (κ3) is 2.09. The normalized spacial score (nSPS) is 10.3. The van der Waals surface area contributed by atoms with Crippen molar-refractivity contribution in [1.29, 1.82) is 0 Å². The van der Waals surface area contributed by atoms with Gasteiger partial charge in [0, 0.05) is 14.8 Å². The fraction of sp³-hybridized carbons (Fsp3) is 0.111. The van der Waals surface area contributed by atoms with Crippen LogP contribution in [0.1, 0.15) is 5.76 Å². The van der Waals surface area contributed by atoms with Gasteiger partial charge in [-0.3, -0.25) is 0 Å². The Bertz CT molecular complexity index is 560. The van der Waals surface area contributed by atoms with Gasteiger partial charge in [0.15, 0.2) is 0 Å². The number of hydrogen-bond donors (Lipinski definition) is 0. The zero-order chi connectivity index (χ0) is 10.8. The lowest BCUT2D eigenvalue weighted by atomic mass is 10.2. The van der Waals surface area contributed by atoms with Crippen LogP contribution in [0.15, 0.2) is 32.2 Å². The summed E-state index contributed by atoms with van der Waals surface area (Å²) in [6, 6.07) is 5.39. The van der Waals surface area contributed by atoms with E-state index in [1.165, 1.54) is 0 Å². The molecule has 0 N–H and O–H groups in total. The fourth-order valence-electron chi connectivity index (χ4n) is 1.30. The number of hydrogen-bond acceptors (Lipinski definition) is 2. The first-order valence-electron chi connectivity index (χ1n) is 4.09. The number of benzene rings is 1. The Kier molecular flexibility index (Phi) is 2.86. The highest BCUT2D eigenvalue weighted by Gasteiger charge is 2.07. The molecular formula is C9H5BrClN3O. The monoisotopic (exact) mass is 285 g/mol. The fourth-order valence-corrected chi connectivity index (χ4v) is 2.13. The van der Waals surface area contributed by atoms with E-state index in [2.05, 4.69) is 26.0 Å². The van der Waals surface area contributed by atoms with Crippen molar-refractivity contribution in [2.24, 2.45) is 5.11 Å². The maximum atomic E-state index is 8.18.